The van der Waals surface area contributed by atoms with Crippen LogP contribution >= 0.6 is 0 Å². The van der Waals surface area contributed by atoms with Crippen molar-refractivity contribution in [3.05, 3.63) is 36.7 Å². The highest BCUT2D eigenvalue weighted by Gasteiger charge is 2.20. The van der Waals surface area contributed by atoms with Crippen LogP contribution in [0.5, 0.6) is 0 Å². The monoisotopic (exact) mass is 270 g/mol. The Morgan fingerprint density at radius 2 is 2.15 bits per heavy atom. The number of nitrogens with zero attached hydrogens (tertiary/aromatic N) is 5. The van der Waals surface area contributed by atoms with Crippen LogP contribution in [0.2, 0.25) is 0 Å². The largest absolute Gasteiger partial charge is 0.322 e. The number of hydrogen-bond acceptors (Lipinski definition) is 6. The smallest absolute Gasteiger partial charge is 0.227 e. The molecule has 0 unspecified atom stereocenters. The van der Waals surface area contributed by atoms with Crippen LogP contribution in [-0.2, 0) is 0 Å². The first-order valence-corrected chi connectivity index (χ1v) is 6.85. The van der Waals surface area contributed by atoms with Crippen LogP contribution in [0.4, 0.5) is 11.6 Å². The second-order valence-electron chi connectivity index (χ2n) is 5.16. The molecule has 1 fully saturated rings. The number of likely N-dealkylation sites (N-methyl/N-ethyl adjacent to an activating group) is 1. The maximum absolute atomic E-state index is 4.62. The Labute approximate surface area is 118 Å². The summed E-state index contributed by atoms with van der Waals surface area (Å²) in [7, 11) is 2.16. The van der Waals surface area contributed by atoms with Gasteiger partial charge in [0.2, 0.25) is 5.95 Å². The normalized spacial score (nSPS) is 19.8. The third-order valence-electron chi connectivity index (χ3n) is 3.54. The van der Waals surface area contributed by atoms with Gasteiger partial charge in [-0.2, -0.15) is 0 Å². The molecule has 20 heavy (non-hydrogen) atoms. The highest BCUT2D eigenvalue weighted by molar-refractivity contribution is 5.49. The van der Waals surface area contributed by atoms with E-state index in [1.165, 1.54) is 25.7 Å². The summed E-state index contributed by atoms with van der Waals surface area (Å²) in [6, 6.07) is 2.01. The molecule has 1 N–H and O–H groups in total. The molecule has 2 aromatic heterocycles. The Morgan fingerprint density at radius 3 is 2.95 bits per heavy atom. The summed E-state index contributed by atoms with van der Waals surface area (Å²) in [5.41, 5.74) is 1.90. The Bertz CT molecular complexity index is 559. The molecular weight excluding hydrogens is 252 g/mol. The molecule has 0 radical (unpaired) electrons. The van der Waals surface area contributed by atoms with Gasteiger partial charge in [0.15, 0.2) is 0 Å². The van der Waals surface area contributed by atoms with Gasteiger partial charge in [-0.15, -0.1) is 0 Å². The van der Waals surface area contributed by atoms with E-state index in [0.29, 0.717) is 11.9 Å². The van der Waals surface area contributed by atoms with E-state index in [0.717, 1.165) is 17.9 Å². The Balaban J connectivity index is 1.75. The van der Waals surface area contributed by atoms with Gasteiger partial charge >= 0.3 is 0 Å². The number of likely N-dealkylation sites (tertiary alicyclic amines) is 1. The van der Waals surface area contributed by atoms with Crippen molar-refractivity contribution in [3.63, 3.8) is 0 Å². The number of rotatable bonds is 3. The van der Waals surface area contributed by atoms with E-state index in [-0.39, 0.29) is 0 Å². The first kappa shape index (κ1) is 12.9. The molecule has 1 aliphatic heterocycles. The number of piperidine rings is 1. The van der Waals surface area contributed by atoms with Crippen LogP contribution in [0.1, 0.15) is 24.5 Å². The van der Waals surface area contributed by atoms with Crippen LogP contribution in [0.25, 0.3) is 0 Å². The standard InChI is InChI=1S/C14H18N6/c1-20-6-2-3-11(9-20)13-4-5-17-14(19-13)18-12-7-15-10-16-8-12/h4-5,7-8,10-11H,2-3,6,9H2,1H3,(H,17,18,19)/t11-/m0/s1. The van der Waals surface area contributed by atoms with Crippen LogP contribution in [0.15, 0.2) is 31.0 Å². The summed E-state index contributed by atoms with van der Waals surface area (Å²) in [4.78, 5) is 19.2. The maximum Gasteiger partial charge on any atom is 0.227 e. The molecule has 1 atom stereocenters. The van der Waals surface area contributed by atoms with Crippen LogP contribution < -0.4 is 5.32 Å². The van der Waals surface area contributed by atoms with Crippen LogP contribution in [0, 0.1) is 0 Å². The average Bonchev–Trinajstić information content (AvgIpc) is 2.49. The summed E-state index contributed by atoms with van der Waals surface area (Å²) in [6.45, 7) is 2.24. The molecule has 0 aliphatic carbocycles. The lowest BCUT2D eigenvalue weighted by molar-refractivity contribution is 0.248. The fourth-order valence-electron chi connectivity index (χ4n) is 2.56. The molecule has 6 nitrogen and oxygen atoms in total. The van der Waals surface area contributed by atoms with Gasteiger partial charge in [-0.1, -0.05) is 0 Å². The molecule has 3 rings (SSSR count). The van der Waals surface area contributed by atoms with Crippen molar-refractivity contribution in [1.29, 1.82) is 0 Å². The van der Waals surface area contributed by atoms with Crippen molar-refractivity contribution in [2.24, 2.45) is 0 Å². The van der Waals surface area contributed by atoms with E-state index in [1.54, 1.807) is 12.4 Å². The van der Waals surface area contributed by atoms with Crippen LogP contribution in [-0.4, -0.2) is 45.0 Å². The van der Waals surface area contributed by atoms with E-state index >= 15 is 0 Å². The van der Waals surface area contributed by atoms with E-state index in [1.807, 2.05) is 12.3 Å². The molecule has 0 aromatic carbocycles. The predicted molar refractivity (Wildman–Crippen MR) is 76.8 cm³/mol. The van der Waals surface area contributed by atoms with Gasteiger partial charge in [0.25, 0.3) is 0 Å². The SMILES string of the molecule is CN1CCC[C@H](c2ccnc(Nc3cncnc3)n2)C1. The average molecular weight is 270 g/mol. The molecule has 0 saturated carbocycles. The number of aromatic nitrogens is 4. The Hall–Kier alpha value is -2.08. The number of nitrogens with one attached hydrogen (secondary N) is 1. The first-order chi connectivity index (χ1) is 9.81. The van der Waals surface area contributed by atoms with Crippen LogP contribution in [0.3, 0.4) is 0 Å². The van der Waals surface area contributed by atoms with Gasteiger partial charge in [0.1, 0.15) is 6.33 Å². The third-order valence-corrected chi connectivity index (χ3v) is 3.54. The third kappa shape index (κ3) is 3.08. The van der Waals surface area contributed by atoms with Crippen molar-refractivity contribution in [1.82, 2.24) is 24.8 Å². The topological polar surface area (TPSA) is 66.8 Å². The van der Waals surface area contributed by atoms with Crippen molar-refractivity contribution in [3.8, 4) is 0 Å². The molecule has 0 amide bonds. The second kappa shape index (κ2) is 5.92. The van der Waals surface area contributed by atoms with Gasteiger partial charge in [-0.25, -0.2) is 19.9 Å². The summed E-state index contributed by atoms with van der Waals surface area (Å²) >= 11 is 0. The van der Waals surface area contributed by atoms with Gasteiger partial charge in [-0.05, 0) is 32.5 Å². The summed E-state index contributed by atoms with van der Waals surface area (Å²) in [5.74, 6) is 1.09. The van der Waals surface area contributed by atoms with Gasteiger partial charge in [0, 0.05) is 18.7 Å². The molecule has 6 heteroatoms. The Morgan fingerprint density at radius 1 is 1.30 bits per heavy atom. The lowest BCUT2D eigenvalue weighted by Crippen LogP contribution is -2.31. The second-order valence-corrected chi connectivity index (χ2v) is 5.16. The molecule has 1 saturated heterocycles. The summed E-state index contributed by atoms with van der Waals surface area (Å²) in [6.07, 6.45) is 9.13. The van der Waals surface area contributed by atoms with Gasteiger partial charge in [-0.3, -0.25) is 0 Å². The minimum atomic E-state index is 0.490. The lowest BCUT2D eigenvalue weighted by atomic mass is 9.95. The summed E-state index contributed by atoms with van der Waals surface area (Å²) in [5, 5.41) is 3.13. The number of hydrogen-bond donors (Lipinski definition) is 1. The molecule has 2 aromatic rings. The highest BCUT2D eigenvalue weighted by atomic mass is 15.1. The maximum atomic E-state index is 4.62. The quantitative estimate of drug-likeness (QED) is 0.917. The fraction of sp³-hybridized carbons (Fsp3) is 0.429. The van der Waals surface area contributed by atoms with E-state index in [2.05, 4.69) is 37.2 Å². The zero-order valence-corrected chi connectivity index (χ0v) is 11.5. The predicted octanol–water partition coefficient (Wildman–Crippen LogP) is 1.82. The van der Waals surface area contributed by atoms with Crippen molar-refractivity contribution >= 4 is 11.6 Å². The molecule has 1 aliphatic rings. The Kier molecular flexibility index (Phi) is 3.83. The number of anilines is 2. The van der Waals surface area contributed by atoms with Gasteiger partial charge < -0.3 is 10.2 Å². The zero-order chi connectivity index (χ0) is 13.8. The van der Waals surface area contributed by atoms with E-state index < -0.39 is 0 Å². The minimum Gasteiger partial charge on any atom is -0.322 e. The van der Waals surface area contributed by atoms with Crippen molar-refractivity contribution in [2.75, 3.05) is 25.5 Å². The summed E-state index contributed by atoms with van der Waals surface area (Å²) < 4.78 is 0. The molecule has 0 bridgehead atoms. The first-order valence-electron chi connectivity index (χ1n) is 6.85. The van der Waals surface area contributed by atoms with Crippen molar-refractivity contribution in [2.45, 2.75) is 18.8 Å². The molecule has 0 spiro atoms. The van der Waals surface area contributed by atoms with Gasteiger partial charge in [0.05, 0.1) is 23.8 Å². The minimum absolute atomic E-state index is 0.490. The molecular formula is C14H18N6. The highest BCUT2D eigenvalue weighted by Crippen LogP contribution is 2.25. The zero-order valence-electron chi connectivity index (χ0n) is 11.5. The molecule has 104 valence electrons. The molecule has 3 heterocycles. The fourth-order valence-corrected chi connectivity index (χ4v) is 2.56. The lowest BCUT2D eigenvalue weighted by Gasteiger charge is -2.29. The van der Waals surface area contributed by atoms with E-state index in [9.17, 15) is 0 Å². The van der Waals surface area contributed by atoms with E-state index in [4.69, 9.17) is 0 Å². The van der Waals surface area contributed by atoms with Crippen molar-refractivity contribution < 1.29 is 0 Å².